The van der Waals surface area contributed by atoms with Crippen LogP contribution in [-0.2, 0) is 0 Å². The fraction of sp³-hybridized carbons (Fsp3) is 0.538. The van der Waals surface area contributed by atoms with E-state index in [1.165, 1.54) is 0 Å². The van der Waals surface area contributed by atoms with E-state index in [9.17, 15) is 4.79 Å². The molecule has 1 aromatic heterocycles. The van der Waals surface area contributed by atoms with E-state index in [-0.39, 0.29) is 12.6 Å². The van der Waals surface area contributed by atoms with Crippen LogP contribution in [0.5, 0.6) is 0 Å². The molecule has 18 heavy (non-hydrogen) atoms. The predicted octanol–water partition coefficient (Wildman–Crippen LogP) is 1.92. The molecule has 0 aliphatic rings. The maximum absolute atomic E-state index is 11.7. The van der Waals surface area contributed by atoms with Crippen molar-refractivity contribution in [3.63, 3.8) is 0 Å². The lowest BCUT2D eigenvalue weighted by Gasteiger charge is -2.15. The number of hydrogen-bond donors (Lipinski definition) is 3. The highest BCUT2D eigenvalue weighted by Crippen LogP contribution is 2.11. The van der Waals surface area contributed by atoms with E-state index in [2.05, 4.69) is 15.6 Å². The zero-order valence-corrected chi connectivity index (χ0v) is 10.9. The third-order valence-electron chi connectivity index (χ3n) is 2.93. The predicted molar refractivity (Wildman–Crippen MR) is 71.5 cm³/mol. The molecule has 1 aromatic rings. The first-order valence-corrected chi connectivity index (χ1v) is 6.23. The summed E-state index contributed by atoms with van der Waals surface area (Å²) in [5.41, 5.74) is 1.69. The highest BCUT2D eigenvalue weighted by atomic mass is 16.3. The van der Waals surface area contributed by atoms with E-state index >= 15 is 0 Å². The first kappa shape index (κ1) is 14.4. The molecule has 1 unspecified atom stereocenters. The van der Waals surface area contributed by atoms with Crippen LogP contribution >= 0.6 is 0 Å². The maximum atomic E-state index is 11.7. The lowest BCUT2D eigenvalue weighted by molar-refractivity contribution is 0.238. The molecule has 0 spiro atoms. The van der Waals surface area contributed by atoms with Gasteiger partial charge in [-0.2, -0.15) is 0 Å². The van der Waals surface area contributed by atoms with E-state index in [1.54, 1.807) is 18.5 Å². The summed E-state index contributed by atoms with van der Waals surface area (Å²) in [4.78, 5) is 15.6. The fourth-order valence-electron chi connectivity index (χ4n) is 1.65. The van der Waals surface area contributed by atoms with Crippen molar-refractivity contribution < 1.29 is 9.90 Å². The largest absolute Gasteiger partial charge is 0.396 e. The molecule has 5 nitrogen and oxygen atoms in total. The third kappa shape index (κ3) is 4.71. The van der Waals surface area contributed by atoms with Crippen molar-refractivity contribution in [1.82, 2.24) is 10.3 Å². The number of nitrogens with zero attached hydrogens (tertiary/aromatic N) is 1. The molecule has 0 aliphatic carbocycles. The summed E-state index contributed by atoms with van der Waals surface area (Å²) in [6, 6.07) is 1.54. The number of aromatic nitrogens is 1. The summed E-state index contributed by atoms with van der Waals surface area (Å²) in [6.07, 6.45) is 5.00. The molecule has 2 amide bonds. The van der Waals surface area contributed by atoms with Gasteiger partial charge in [-0.05, 0) is 30.9 Å². The summed E-state index contributed by atoms with van der Waals surface area (Å²) >= 11 is 0. The molecular formula is C13H21N3O2. The smallest absolute Gasteiger partial charge is 0.319 e. The van der Waals surface area contributed by atoms with Gasteiger partial charge in [0, 0.05) is 31.2 Å². The Bertz CT molecular complexity index is 382. The Morgan fingerprint density at radius 1 is 1.56 bits per heavy atom. The number of aliphatic hydroxyl groups is 1. The van der Waals surface area contributed by atoms with Gasteiger partial charge in [-0.25, -0.2) is 4.79 Å². The summed E-state index contributed by atoms with van der Waals surface area (Å²) in [7, 11) is 0. The van der Waals surface area contributed by atoms with Crippen molar-refractivity contribution in [2.45, 2.75) is 26.7 Å². The highest BCUT2D eigenvalue weighted by molar-refractivity contribution is 5.89. The summed E-state index contributed by atoms with van der Waals surface area (Å²) < 4.78 is 0. The first-order valence-electron chi connectivity index (χ1n) is 6.23. The number of nitrogens with one attached hydrogen (secondary N) is 2. The van der Waals surface area contributed by atoms with Crippen molar-refractivity contribution in [1.29, 1.82) is 0 Å². The van der Waals surface area contributed by atoms with Gasteiger partial charge in [0.15, 0.2) is 0 Å². The van der Waals surface area contributed by atoms with Gasteiger partial charge in [-0.1, -0.05) is 13.3 Å². The Labute approximate surface area is 108 Å². The lowest BCUT2D eigenvalue weighted by atomic mass is 10.0. The molecule has 0 fully saturated rings. The molecule has 0 saturated carbocycles. The van der Waals surface area contributed by atoms with Gasteiger partial charge < -0.3 is 15.7 Å². The second kappa shape index (κ2) is 7.66. The van der Waals surface area contributed by atoms with Crippen LogP contribution in [0, 0.1) is 12.8 Å². The molecule has 5 heteroatoms. The number of carbonyl (C=O) groups excluding carboxylic acids is 1. The number of aryl methyl sites for hydroxylation is 1. The standard InChI is InChI=1S/C13H21N3O2/c1-3-11(5-7-17)9-15-13(18)16-12-4-6-14-8-10(12)2/h4,6,8,11,17H,3,5,7,9H2,1-2H3,(H2,14,15,16,18). The molecule has 0 aliphatic heterocycles. The number of rotatable bonds is 6. The molecule has 0 saturated heterocycles. The van der Waals surface area contributed by atoms with Gasteiger partial charge in [0.05, 0.1) is 0 Å². The van der Waals surface area contributed by atoms with Gasteiger partial charge in [0.1, 0.15) is 0 Å². The van der Waals surface area contributed by atoms with Crippen molar-refractivity contribution in [2.75, 3.05) is 18.5 Å². The minimum atomic E-state index is -0.222. The fourth-order valence-corrected chi connectivity index (χ4v) is 1.65. The summed E-state index contributed by atoms with van der Waals surface area (Å²) in [5, 5.41) is 14.5. The van der Waals surface area contributed by atoms with Gasteiger partial charge in [-0.15, -0.1) is 0 Å². The molecule has 0 aromatic carbocycles. The molecule has 1 heterocycles. The molecular weight excluding hydrogens is 230 g/mol. The van der Waals surface area contributed by atoms with Crippen molar-refractivity contribution in [2.24, 2.45) is 5.92 Å². The Morgan fingerprint density at radius 2 is 2.33 bits per heavy atom. The summed E-state index contributed by atoms with van der Waals surface area (Å²) in [6.45, 7) is 4.68. The number of carbonyl (C=O) groups is 1. The molecule has 1 atom stereocenters. The summed E-state index contributed by atoms with van der Waals surface area (Å²) in [5.74, 6) is 0.319. The van der Waals surface area contributed by atoms with E-state index in [0.717, 1.165) is 17.7 Å². The molecule has 1 rings (SSSR count). The van der Waals surface area contributed by atoms with E-state index in [1.807, 2.05) is 13.8 Å². The monoisotopic (exact) mass is 251 g/mol. The average Bonchev–Trinajstić information content (AvgIpc) is 2.37. The quantitative estimate of drug-likeness (QED) is 0.723. The van der Waals surface area contributed by atoms with Crippen LogP contribution in [0.25, 0.3) is 0 Å². The second-order valence-electron chi connectivity index (χ2n) is 4.31. The van der Waals surface area contributed by atoms with Crippen LogP contribution in [0.2, 0.25) is 0 Å². The van der Waals surface area contributed by atoms with Crippen LogP contribution in [0.15, 0.2) is 18.5 Å². The van der Waals surface area contributed by atoms with E-state index < -0.39 is 0 Å². The number of urea groups is 1. The van der Waals surface area contributed by atoms with Crippen molar-refractivity contribution in [3.05, 3.63) is 24.0 Å². The lowest BCUT2D eigenvalue weighted by Crippen LogP contribution is -2.33. The minimum absolute atomic E-state index is 0.158. The number of aliphatic hydroxyl groups excluding tert-OH is 1. The highest BCUT2D eigenvalue weighted by Gasteiger charge is 2.08. The molecule has 100 valence electrons. The van der Waals surface area contributed by atoms with Gasteiger partial charge >= 0.3 is 6.03 Å². The topological polar surface area (TPSA) is 74.2 Å². The average molecular weight is 251 g/mol. The minimum Gasteiger partial charge on any atom is -0.396 e. The van der Waals surface area contributed by atoms with Crippen LogP contribution < -0.4 is 10.6 Å². The zero-order valence-electron chi connectivity index (χ0n) is 10.9. The zero-order chi connectivity index (χ0) is 13.4. The van der Waals surface area contributed by atoms with Gasteiger partial charge in [0.25, 0.3) is 0 Å². The number of anilines is 1. The Hall–Kier alpha value is -1.62. The van der Waals surface area contributed by atoms with Gasteiger partial charge in [-0.3, -0.25) is 4.98 Å². The second-order valence-corrected chi connectivity index (χ2v) is 4.31. The molecule has 0 radical (unpaired) electrons. The number of amides is 2. The van der Waals surface area contributed by atoms with Crippen LogP contribution in [0.3, 0.4) is 0 Å². The Morgan fingerprint density at radius 3 is 2.94 bits per heavy atom. The maximum Gasteiger partial charge on any atom is 0.319 e. The van der Waals surface area contributed by atoms with Crippen LogP contribution in [0.4, 0.5) is 10.5 Å². The van der Waals surface area contributed by atoms with Crippen LogP contribution in [-0.4, -0.2) is 29.3 Å². The van der Waals surface area contributed by atoms with E-state index in [0.29, 0.717) is 18.9 Å². The van der Waals surface area contributed by atoms with Crippen molar-refractivity contribution >= 4 is 11.7 Å². The number of hydrogen-bond acceptors (Lipinski definition) is 3. The normalized spacial score (nSPS) is 11.9. The van der Waals surface area contributed by atoms with Gasteiger partial charge in [0.2, 0.25) is 0 Å². The third-order valence-corrected chi connectivity index (χ3v) is 2.93. The molecule has 0 bridgehead atoms. The number of pyridine rings is 1. The van der Waals surface area contributed by atoms with Crippen LogP contribution in [0.1, 0.15) is 25.3 Å². The van der Waals surface area contributed by atoms with E-state index in [4.69, 9.17) is 5.11 Å². The Kier molecular flexibility index (Phi) is 6.14. The molecule has 3 N–H and O–H groups in total. The Balaban J connectivity index is 2.40. The SMILES string of the molecule is CCC(CCO)CNC(=O)Nc1ccncc1C. The first-order chi connectivity index (χ1) is 8.67. The van der Waals surface area contributed by atoms with Crippen molar-refractivity contribution in [3.8, 4) is 0 Å².